The van der Waals surface area contributed by atoms with Gasteiger partial charge in [0.2, 0.25) is 0 Å². The molecule has 7 heteroatoms. The second-order valence-corrected chi connectivity index (χ2v) is 5.72. The lowest BCUT2D eigenvalue weighted by molar-refractivity contribution is -0.138. The van der Waals surface area contributed by atoms with Gasteiger partial charge in [0.15, 0.2) is 0 Å². The van der Waals surface area contributed by atoms with Gasteiger partial charge in [-0.25, -0.2) is 0 Å². The Morgan fingerprint density at radius 2 is 1.94 bits per heavy atom. The van der Waals surface area contributed by atoms with E-state index < -0.39 is 17.9 Å². The van der Waals surface area contributed by atoms with Crippen molar-refractivity contribution >= 4 is 57.1 Å². The Bertz CT molecular complexity index is 476. The van der Waals surface area contributed by atoms with Gasteiger partial charge in [-0.05, 0) is 64.2 Å². The molecule has 0 aliphatic heterocycles. The van der Waals surface area contributed by atoms with Gasteiger partial charge in [-0.3, -0.25) is 9.59 Å². The van der Waals surface area contributed by atoms with Crippen molar-refractivity contribution in [3.63, 3.8) is 0 Å². The highest BCUT2D eigenvalue weighted by atomic mass is 127. The zero-order valence-electron chi connectivity index (χ0n) is 8.70. The van der Waals surface area contributed by atoms with Crippen molar-refractivity contribution in [2.45, 2.75) is 13.0 Å². The molecule has 0 spiro atoms. The zero-order chi connectivity index (χ0) is 13.2. The summed E-state index contributed by atoms with van der Waals surface area (Å²) < 4.78 is 1.33. The normalized spacial score (nSPS) is 11.9. The highest BCUT2D eigenvalue weighted by Gasteiger charge is 2.19. The maximum atomic E-state index is 11.7. The Kier molecular flexibility index (Phi) is 4.98. The highest BCUT2D eigenvalue weighted by molar-refractivity contribution is 14.1. The minimum Gasteiger partial charge on any atom is -0.506 e. The number of aromatic hydroxyl groups is 1. The molecule has 5 nitrogen and oxygen atoms in total. The predicted octanol–water partition coefficient (Wildman–Crippen LogP) is 1.80. The van der Waals surface area contributed by atoms with Crippen LogP contribution in [0.4, 0.5) is 0 Å². The third-order valence-corrected chi connectivity index (χ3v) is 3.44. The largest absolute Gasteiger partial charge is 0.506 e. The van der Waals surface area contributed by atoms with Crippen LogP contribution in [0.15, 0.2) is 12.1 Å². The van der Waals surface area contributed by atoms with Crippen molar-refractivity contribution in [3.05, 3.63) is 24.8 Å². The van der Waals surface area contributed by atoms with Crippen LogP contribution in [0.3, 0.4) is 0 Å². The number of hydrogen-bond acceptors (Lipinski definition) is 3. The zero-order valence-corrected chi connectivity index (χ0v) is 13.0. The van der Waals surface area contributed by atoms with Crippen molar-refractivity contribution in [1.82, 2.24) is 5.32 Å². The number of rotatable bonds is 3. The van der Waals surface area contributed by atoms with Crippen LogP contribution in [-0.4, -0.2) is 28.1 Å². The van der Waals surface area contributed by atoms with Gasteiger partial charge < -0.3 is 15.5 Å². The molecule has 1 amide bonds. The third kappa shape index (κ3) is 3.69. The van der Waals surface area contributed by atoms with E-state index in [0.29, 0.717) is 3.57 Å². The van der Waals surface area contributed by atoms with Gasteiger partial charge >= 0.3 is 5.97 Å². The lowest BCUT2D eigenvalue weighted by Gasteiger charge is -2.11. The van der Waals surface area contributed by atoms with E-state index in [0.717, 1.165) is 3.57 Å². The van der Waals surface area contributed by atoms with Gasteiger partial charge in [-0.2, -0.15) is 0 Å². The summed E-state index contributed by atoms with van der Waals surface area (Å²) in [5, 5.41) is 20.7. The Morgan fingerprint density at radius 3 is 2.47 bits per heavy atom. The van der Waals surface area contributed by atoms with Gasteiger partial charge in [-0.15, -0.1) is 0 Å². The summed E-state index contributed by atoms with van der Waals surface area (Å²) in [7, 11) is 0. The minimum absolute atomic E-state index is 0.0781. The molecule has 1 atom stereocenters. The smallest absolute Gasteiger partial charge is 0.325 e. The summed E-state index contributed by atoms with van der Waals surface area (Å²) in [5.41, 5.74) is 0.0781. The van der Waals surface area contributed by atoms with E-state index >= 15 is 0 Å². The molecule has 0 saturated heterocycles. The van der Waals surface area contributed by atoms with Crippen LogP contribution in [0.2, 0.25) is 0 Å². The van der Waals surface area contributed by atoms with Crippen LogP contribution in [0.25, 0.3) is 0 Å². The van der Waals surface area contributed by atoms with E-state index in [1.807, 2.05) is 45.2 Å². The van der Waals surface area contributed by atoms with Gasteiger partial charge in [0.1, 0.15) is 11.8 Å². The van der Waals surface area contributed by atoms with Crippen LogP contribution < -0.4 is 5.32 Å². The fourth-order valence-corrected chi connectivity index (χ4v) is 2.92. The first kappa shape index (κ1) is 14.5. The van der Waals surface area contributed by atoms with Crippen molar-refractivity contribution < 1.29 is 19.8 Å². The third-order valence-electron chi connectivity index (χ3n) is 1.99. The SMILES string of the molecule is C[C@H](NC(=O)c1cc(I)cc(I)c1O)C(=O)O. The Labute approximate surface area is 125 Å². The number of benzene rings is 1. The lowest BCUT2D eigenvalue weighted by Crippen LogP contribution is -2.38. The van der Waals surface area contributed by atoms with Crippen LogP contribution >= 0.6 is 45.2 Å². The van der Waals surface area contributed by atoms with Gasteiger partial charge in [-0.1, -0.05) is 0 Å². The molecule has 0 aliphatic carbocycles. The molecule has 0 radical (unpaired) electrons. The predicted molar refractivity (Wildman–Crippen MR) is 78.1 cm³/mol. The Morgan fingerprint density at radius 1 is 1.35 bits per heavy atom. The molecule has 0 unspecified atom stereocenters. The van der Waals surface area contributed by atoms with E-state index in [2.05, 4.69) is 5.32 Å². The quantitative estimate of drug-likeness (QED) is 0.600. The molecule has 0 fully saturated rings. The number of amides is 1. The summed E-state index contributed by atoms with van der Waals surface area (Å²) in [6.07, 6.45) is 0. The summed E-state index contributed by atoms with van der Waals surface area (Å²) in [4.78, 5) is 22.3. The molecule has 17 heavy (non-hydrogen) atoms. The summed E-state index contributed by atoms with van der Waals surface area (Å²) in [5.74, 6) is -1.87. The monoisotopic (exact) mass is 461 g/mol. The average Bonchev–Trinajstić information content (AvgIpc) is 2.22. The fraction of sp³-hybridized carbons (Fsp3) is 0.200. The van der Waals surface area contributed by atoms with Gasteiger partial charge in [0, 0.05) is 3.57 Å². The number of phenolic OH excluding ortho intramolecular Hbond substituents is 1. The molecule has 92 valence electrons. The number of carbonyl (C=O) groups is 2. The van der Waals surface area contributed by atoms with E-state index in [1.165, 1.54) is 13.0 Å². The average molecular weight is 461 g/mol. The number of carboxylic acids is 1. The van der Waals surface area contributed by atoms with Crippen LogP contribution in [0.1, 0.15) is 17.3 Å². The molecule has 0 heterocycles. The van der Waals surface area contributed by atoms with E-state index in [1.54, 1.807) is 6.07 Å². The number of nitrogens with one attached hydrogen (secondary N) is 1. The number of hydrogen-bond donors (Lipinski definition) is 3. The molecule has 1 aromatic rings. The Hall–Kier alpha value is -0.580. The number of carbonyl (C=O) groups excluding carboxylic acids is 1. The van der Waals surface area contributed by atoms with Crippen LogP contribution in [-0.2, 0) is 4.79 Å². The molecular formula is C10H9I2NO4. The number of halogens is 2. The number of carboxylic acid groups (broad SMARTS) is 1. The molecule has 1 rings (SSSR count). The van der Waals surface area contributed by atoms with Gasteiger partial charge in [0.25, 0.3) is 5.91 Å². The highest BCUT2D eigenvalue weighted by Crippen LogP contribution is 2.26. The molecule has 0 aromatic heterocycles. The van der Waals surface area contributed by atoms with E-state index in [4.69, 9.17) is 5.11 Å². The molecule has 0 aliphatic rings. The summed E-state index contributed by atoms with van der Waals surface area (Å²) >= 11 is 3.92. The van der Waals surface area contributed by atoms with Crippen molar-refractivity contribution in [1.29, 1.82) is 0 Å². The molecule has 0 bridgehead atoms. The fourth-order valence-electron chi connectivity index (χ4n) is 1.08. The molecule has 0 saturated carbocycles. The van der Waals surface area contributed by atoms with Gasteiger partial charge in [0.05, 0.1) is 9.13 Å². The van der Waals surface area contributed by atoms with Crippen LogP contribution in [0.5, 0.6) is 5.75 Å². The van der Waals surface area contributed by atoms with Crippen molar-refractivity contribution in [2.75, 3.05) is 0 Å². The van der Waals surface area contributed by atoms with E-state index in [-0.39, 0.29) is 11.3 Å². The summed E-state index contributed by atoms with van der Waals surface area (Å²) in [6.45, 7) is 1.36. The first-order chi connectivity index (χ1) is 7.82. The van der Waals surface area contributed by atoms with Crippen LogP contribution in [0, 0.1) is 7.14 Å². The van der Waals surface area contributed by atoms with Crippen molar-refractivity contribution in [3.8, 4) is 5.75 Å². The van der Waals surface area contributed by atoms with Crippen molar-refractivity contribution in [2.24, 2.45) is 0 Å². The standard InChI is InChI=1S/C10H9I2NO4/c1-4(10(16)17)13-9(15)6-2-5(11)3-7(12)8(6)14/h2-4,14H,1H3,(H,13,15)(H,16,17)/t4-/m0/s1. The molecular weight excluding hydrogens is 452 g/mol. The maximum Gasteiger partial charge on any atom is 0.325 e. The number of phenols is 1. The molecule has 3 N–H and O–H groups in total. The number of aliphatic carboxylic acids is 1. The first-order valence-corrected chi connectivity index (χ1v) is 6.70. The first-order valence-electron chi connectivity index (χ1n) is 4.54. The summed E-state index contributed by atoms with van der Waals surface area (Å²) in [6, 6.07) is 2.22. The maximum absolute atomic E-state index is 11.7. The van der Waals surface area contributed by atoms with E-state index in [9.17, 15) is 14.7 Å². The minimum atomic E-state index is -1.13. The molecule has 1 aromatic carbocycles. The second kappa shape index (κ2) is 5.85. The topological polar surface area (TPSA) is 86.6 Å². The lowest BCUT2D eigenvalue weighted by atomic mass is 10.2. The Balaban J connectivity index is 3.01. The second-order valence-electron chi connectivity index (χ2n) is 3.32.